The van der Waals surface area contributed by atoms with E-state index in [1.165, 1.54) is 12.8 Å². The molecule has 0 aromatic heterocycles. The van der Waals surface area contributed by atoms with Crippen molar-refractivity contribution >= 4 is 0 Å². The molecule has 2 fully saturated rings. The average Bonchev–Trinajstić information content (AvgIpc) is 2.36. The lowest BCUT2D eigenvalue weighted by Crippen LogP contribution is -2.31. The second-order valence-electron chi connectivity index (χ2n) is 3.33. The summed E-state index contributed by atoms with van der Waals surface area (Å²) >= 11 is 0. The van der Waals surface area contributed by atoms with Gasteiger partial charge in [-0.2, -0.15) is 0 Å². The molecule has 0 amide bonds. The van der Waals surface area contributed by atoms with E-state index >= 15 is 0 Å². The molecule has 2 saturated heterocycles. The summed E-state index contributed by atoms with van der Waals surface area (Å²) in [6, 6.07) is 0. The fraction of sp³-hybridized carbons (Fsp3) is 1.00. The molecule has 0 N–H and O–H groups in total. The van der Waals surface area contributed by atoms with Gasteiger partial charge in [-0.05, 0) is 18.8 Å². The van der Waals surface area contributed by atoms with Crippen LogP contribution in [-0.4, -0.2) is 19.5 Å². The summed E-state index contributed by atoms with van der Waals surface area (Å²) in [6.45, 7) is 4.09. The van der Waals surface area contributed by atoms with Crippen molar-refractivity contribution in [1.29, 1.82) is 0 Å². The lowest BCUT2D eigenvalue weighted by atomic mass is 9.88. The first-order valence-corrected chi connectivity index (χ1v) is 4.11. The molecule has 0 aliphatic carbocycles. The smallest absolute Gasteiger partial charge is 0.160 e. The van der Waals surface area contributed by atoms with Crippen LogP contribution in [0, 0.1) is 11.8 Å². The third-order valence-electron chi connectivity index (χ3n) is 2.67. The lowest BCUT2D eigenvalue weighted by Gasteiger charge is -2.29. The van der Waals surface area contributed by atoms with Gasteiger partial charge in [0.15, 0.2) is 6.29 Å². The molecular weight excluding hydrogens is 128 g/mol. The van der Waals surface area contributed by atoms with E-state index in [2.05, 4.69) is 6.92 Å². The third-order valence-corrected chi connectivity index (χ3v) is 2.67. The van der Waals surface area contributed by atoms with Gasteiger partial charge in [-0.25, -0.2) is 0 Å². The van der Waals surface area contributed by atoms with Gasteiger partial charge >= 0.3 is 0 Å². The van der Waals surface area contributed by atoms with Crippen LogP contribution in [0.1, 0.15) is 19.8 Å². The molecule has 2 heterocycles. The number of hydrogen-bond acceptors (Lipinski definition) is 2. The normalized spacial score (nSPS) is 47.1. The Bertz CT molecular complexity index is 124. The minimum Gasteiger partial charge on any atom is -0.352 e. The Morgan fingerprint density at radius 3 is 2.50 bits per heavy atom. The average molecular weight is 142 g/mol. The molecule has 0 unspecified atom stereocenters. The lowest BCUT2D eigenvalue weighted by molar-refractivity contribution is -0.163. The maximum absolute atomic E-state index is 5.45. The molecule has 3 atom stereocenters. The van der Waals surface area contributed by atoms with Crippen LogP contribution in [0.2, 0.25) is 0 Å². The Morgan fingerprint density at radius 2 is 1.80 bits per heavy atom. The summed E-state index contributed by atoms with van der Waals surface area (Å²) in [7, 11) is 0. The van der Waals surface area contributed by atoms with Crippen molar-refractivity contribution in [2.75, 3.05) is 13.2 Å². The second kappa shape index (κ2) is 2.51. The van der Waals surface area contributed by atoms with Crippen LogP contribution in [0.4, 0.5) is 0 Å². The molecular formula is C8H14O2. The van der Waals surface area contributed by atoms with Crippen LogP contribution in [0.3, 0.4) is 0 Å². The van der Waals surface area contributed by atoms with Crippen LogP contribution in [0.5, 0.6) is 0 Å². The van der Waals surface area contributed by atoms with Gasteiger partial charge in [0, 0.05) is 5.92 Å². The molecule has 2 heteroatoms. The van der Waals surface area contributed by atoms with E-state index < -0.39 is 0 Å². The summed E-state index contributed by atoms with van der Waals surface area (Å²) < 4.78 is 10.9. The molecule has 2 rings (SSSR count). The Morgan fingerprint density at radius 1 is 1.10 bits per heavy atom. The van der Waals surface area contributed by atoms with E-state index in [9.17, 15) is 0 Å². The van der Waals surface area contributed by atoms with Crippen molar-refractivity contribution in [3.8, 4) is 0 Å². The van der Waals surface area contributed by atoms with E-state index in [1.54, 1.807) is 0 Å². The van der Waals surface area contributed by atoms with Crippen molar-refractivity contribution in [3.05, 3.63) is 0 Å². The van der Waals surface area contributed by atoms with Gasteiger partial charge in [-0.15, -0.1) is 0 Å². The van der Waals surface area contributed by atoms with Gasteiger partial charge in [-0.3, -0.25) is 0 Å². The molecule has 2 aliphatic rings. The Hall–Kier alpha value is -0.0800. The van der Waals surface area contributed by atoms with Gasteiger partial charge in [0.2, 0.25) is 0 Å². The Kier molecular flexibility index (Phi) is 1.66. The van der Waals surface area contributed by atoms with Crippen molar-refractivity contribution in [2.45, 2.75) is 26.1 Å². The van der Waals surface area contributed by atoms with E-state index in [-0.39, 0.29) is 6.29 Å². The van der Waals surface area contributed by atoms with Crippen LogP contribution in [0.25, 0.3) is 0 Å². The molecule has 2 nitrogen and oxygen atoms in total. The SMILES string of the molecule is C[C@H]1CCO[C@H]2OCC[C@H]21. The van der Waals surface area contributed by atoms with Gasteiger partial charge < -0.3 is 9.47 Å². The van der Waals surface area contributed by atoms with Crippen LogP contribution < -0.4 is 0 Å². The van der Waals surface area contributed by atoms with Crippen LogP contribution in [0.15, 0.2) is 0 Å². The molecule has 0 saturated carbocycles. The first-order valence-electron chi connectivity index (χ1n) is 4.11. The third kappa shape index (κ3) is 0.956. The number of hydrogen-bond donors (Lipinski definition) is 0. The standard InChI is InChI=1S/C8H14O2/c1-6-2-4-9-8-7(6)3-5-10-8/h6-8H,2-5H2,1H3/t6-,7-,8-/m0/s1. The molecule has 10 heavy (non-hydrogen) atoms. The summed E-state index contributed by atoms with van der Waals surface area (Å²) in [5.74, 6) is 1.50. The quantitative estimate of drug-likeness (QED) is 0.509. The molecule has 58 valence electrons. The highest BCUT2D eigenvalue weighted by Crippen LogP contribution is 2.34. The van der Waals surface area contributed by atoms with E-state index in [0.717, 1.165) is 19.1 Å². The van der Waals surface area contributed by atoms with Crippen molar-refractivity contribution in [3.63, 3.8) is 0 Å². The first kappa shape index (κ1) is 6.62. The van der Waals surface area contributed by atoms with Crippen LogP contribution in [-0.2, 0) is 9.47 Å². The fourth-order valence-electron chi connectivity index (χ4n) is 1.89. The second-order valence-corrected chi connectivity index (χ2v) is 3.33. The number of rotatable bonds is 0. The zero-order valence-corrected chi connectivity index (χ0v) is 6.38. The van der Waals surface area contributed by atoms with Gasteiger partial charge in [0.25, 0.3) is 0 Å². The van der Waals surface area contributed by atoms with Crippen molar-refractivity contribution in [1.82, 2.24) is 0 Å². The summed E-state index contributed by atoms with van der Waals surface area (Å²) in [4.78, 5) is 0. The molecule has 0 bridgehead atoms. The number of ether oxygens (including phenoxy) is 2. The zero-order valence-electron chi connectivity index (χ0n) is 6.38. The minimum absolute atomic E-state index is 0.142. The van der Waals surface area contributed by atoms with Gasteiger partial charge in [0.1, 0.15) is 0 Å². The van der Waals surface area contributed by atoms with Crippen molar-refractivity contribution < 1.29 is 9.47 Å². The predicted octanol–water partition coefficient (Wildman–Crippen LogP) is 1.41. The maximum atomic E-state index is 5.45. The molecule has 0 radical (unpaired) electrons. The highest BCUT2D eigenvalue weighted by Gasteiger charge is 2.36. The topological polar surface area (TPSA) is 18.5 Å². The van der Waals surface area contributed by atoms with Gasteiger partial charge in [0.05, 0.1) is 13.2 Å². The Labute approximate surface area is 61.5 Å². The van der Waals surface area contributed by atoms with E-state index in [4.69, 9.17) is 9.47 Å². The largest absolute Gasteiger partial charge is 0.352 e. The van der Waals surface area contributed by atoms with Gasteiger partial charge in [-0.1, -0.05) is 6.92 Å². The molecule has 0 spiro atoms. The van der Waals surface area contributed by atoms with Crippen molar-refractivity contribution in [2.24, 2.45) is 11.8 Å². The monoisotopic (exact) mass is 142 g/mol. The zero-order chi connectivity index (χ0) is 6.97. The fourth-order valence-corrected chi connectivity index (χ4v) is 1.89. The Balaban J connectivity index is 2.03. The maximum Gasteiger partial charge on any atom is 0.160 e. The summed E-state index contributed by atoms with van der Waals surface area (Å²) in [5.41, 5.74) is 0. The highest BCUT2D eigenvalue weighted by atomic mass is 16.7. The number of fused-ring (bicyclic) bond motifs is 1. The molecule has 0 aromatic rings. The van der Waals surface area contributed by atoms with E-state index in [1.807, 2.05) is 0 Å². The summed E-state index contributed by atoms with van der Waals surface area (Å²) in [6.07, 6.45) is 2.56. The predicted molar refractivity (Wildman–Crippen MR) is 37.6 cm³/mol. The molecule has 2 aliphatic heterocycles. The minimum atomic E-state index is 0.142. The highest BCUT2D eigenvalue weighted by molar-refractivity contribution is 4.78. The van der Waals surface area contributed by atoms with Crippen LogP contribution >= 0.6 is 0 Å². The molecule has 0 aromatic carbocycles. The summed E-state index contributed by atoms with van der Waals surface area (Å²) in [5, 5.41) is 0. The van der Waals surface area contributed by atoms with E-state index in [0.29, 0.717) is 5.92 Å². The first-order chi connectivity index (χ1) is 4.88.